The maximum atomic E-state index is 5.45. The van der Waals surface area contributed by atoms with Crippen LogP contribution in [-0.4, -0.2) is 50.8 Å². The molecule has 25 heavy (non-hydrogen) atoms. The van der Waals surface area contributed by atoms with Crippen molar-refractivity contribution in [3.05, 3.63) is 35.4 Å². The third-order valence-corrected chi connectivity index (χ3v) is 5.06. The van der Waals surface area contributed by atoms with E-state index in [1.54, 1.807) is 0 Å². The minimum atomic E-state index is 0.808. The first kappa shape index (κ1) is 18.2. The van der Waals surface area contributed by atoms with Gasteiger partial charge in [0.05, 0.1) is 13.2 Å². The summed E-state index contributed by atoms with van der Waals surface area (Å²) in [6.07, 6.45) is 5.46. The molecule has 0 spiro atoms. The summed E-state index contributed by atoms with van der Waals surface area (Å²) in [5.74, 6) is 1.90. The smallest absolute Gasteiger partial charge is 0.191 e. The van der Waals surface area contributed by atoms with Gasteiger partial charge in [-0.15, -0.1) is 0 Å². The van der Waals surface area contributed by atoms with Gasteiger partial charge in [-0.3, -0.25) is 9.89 Å². The molecule has 3 rings (SSSR count). The zero-order chi connectivity index (χ0) is 17.3. The molecule has 0 radical (unpaired) electrons. The van der Waals surface area contributed by atoms with E-state index >= 15 is 0 Å². The molecule has 1 aliphatic heterocycles. The lowest BCUT2D eigenvalue weighted by atomic mass is 10.1. The highest BCUT2D eigenvalue weighted by atomic mass is 16.5. The molecule has 1 aromatic carbocycles. The van der Waals surface area contributed by atoms with Gasteiger partial charge in [-0.25, -0.2) is 0 Å². The third-order valence-electron chi connectivity index (χ3n) is 5.06. The fourth-order valence-electron chi connectivity index (χ4n) is 3.29. The molecule has 2 N–H and O–H groups in total. The second-order valence-corrected chi connectivity index (χ2v) is 7.10. The average Bonchev–Trinajstić information content (AvgIpc) is 3.47. The predicted octanol–water partition coefficient (Wildman–Crippen LogP) is 2.37. The second kappa shape index (κ2) is 9.78. The Morgan fingerprint density at radius 1 is 1.16 bits per heavy atom. The number of hydrogen-bond acceptors (Lipinski definition) is 3. The lowest BCUT2D eigenvalue weighted by Gasteiger charge is -2.27. The number of hydrogen-bond donors (Lipinski definition) is 2. The van der Waals surface area contributed by atoms with Crippen molar-refractivity contribution >= 4 is 5.96 Å². The maximum Gasteiger partial charge on any atom is 0.191 e. The second-order valence-electron chi connectivity index (χ2n) is 7.10. The normalized spacial score (nSPS) is 19.0. The van der Waals surface area contributed by atoms with E-state index < -0.39 is 0 Å². The van der Waals surface area contributed by atoms with Gasteiger partial charge in [-0.05, 0) is 29.9 Å². The van der Waals surface area contributed by atoms with Crippen LogP contribution in [-0.2, 0) is 17.8 Å². The number of morpholine rings is 1. The minimum Gasteiger partial charge on any atom is -0.379 e. The van der Waals surface area contributed by atoms with Crippen molar-refractivity contribution in [3.63, 3.8) is 0 Å². The molecule has 0 amide bonds. The van der Waals surface area contributed by atoms with Crippen molar-refractivity contribution in [1.82, 2.24) is 15.5 Å². The lowest BCUT2D eigenvalue weighted by Crippen LogP contribution is -2.38. The Kier molecular flexibility index (Phi) is 7.12. The number of guanidine groups is 1. The standard InChI is InChI=1S/C20H32N4O/c1-21-20(22-10-4-5-17-8-9-17)23-15-18-6-2-3-7-19(18)16-24-11-13-25-14-12-24/h2-3,6-7,17H,4-5,8-16H2,1H3,(H2,21,22,23). The van der Waals surface area contributed by atoms with Gasteiger partial charge in [0.15, 0.2) is 5.96 Å². The van der Waals surface area contributed by atoms with Crippen molar-refractivity contribution in [3.8, 4) is 0 Å². The maximum absolute atomic E-state index is 5.45. The molecule has 0 bridgehead atoms. The Morgan fingerprint density at radius 2 is 1.92 bits per heavy atom. The van der Waals surface area contributed by atoms with Crippen molar-refractivity contribution in [1.29, 1.82) is 0 Å². The van der Waals surface area contributed by atoms with E-state index in [2.05, 4.69) is 44.8 Å². The van der Waals surface area contributed by atoms with E-state index in [1.165, 1.54) is 36.8 Å². The van der Waals surface area contributed by atoms with Crippen LogP contribution in [0, 0.1) is 5.92 Å². The summed E-state index contributed by atoms with van der Waals surface area (Å²) >= 11 is 0. The van der Waals surface area contributed by atoms with Gasteiger partial charge in [-0.2, -0.15) is 0 Å². The summed E-state index contributed by atoms with van der Waals surface area (Å²) in [7, 11) is 1.84. The molecule has 1 heterocycles. The molecule has 2 fully saturated rings. The average molecular weight is 345 g/mol. The number of nitrogens with one attached hydrogen (secondary N) is 2. The van der Waals surface area contributed by atoms with Crippen LogP contribution in [0.25, 0.3) is 0 Å². The summed E-state index contributed by atoms with van der Waals surface area (Å²) in [6, 6.07) is 8.69. The molecular formula is C20H32N4O. The molecule has 2 aliphatic rings. The Hall–Kier alpha value is -1.59. The highest BCUT2D eigenvalue weighted by Crippen LogP contribution is 2.33. The van der Waals surface area contributed by atoms with Crippen LogP contribution < -0.4 is 10.6 Å². The topological polar surface area (TPSA) is 48.9 Å². The molecular weight excluding hydrogens is 312 g/mol. The van der Waals surface area contributed by atoms with Crippen LogP contribution in [0.15, 0.2) is 29.3 Å². The van der Waals surface area contributed by atoms with E-state index in [-0.39, 0.29) is 0 Å². The highest BCUT2D eigenvalue weighted by Gasteiger charge is 2.20. The molecule has 1 saturated heterocycles. The molecule has 1 aliphatic carbocycles. The molecule has 1 aromatic rings. The molecule has 5 nitrogen and oxygen atoms in total. The Labute approximate surface area is 151 Å². The van der Waals surface area contributed by atoms with Crippen molar-refractivity contribution in [2.24, 2.45) is 10.9 Å². The summed E-state index contributed by atoms with van der Waals surface area (Å²) in [4.78, 5) is 6.81. The SMILES string of the molecule is CN=C(NCCCC1CC1)NCc1ccccc1CN1CCOCC1. The van der Waals surface area contributed by atoms with E-state index in [0.717, 1.165) is 57.8 Å². The van der Waals surface area contributed by atoms with E-state index in [0.29, 0.717) is 0 Å². The molecule has 1 saturated carbocycles. The number of ether oxygens (including phenoxy) is 1. The van der Waals surface area contributed by atoms with Crippen LogP contribution in [0.1, 0.15) is 36.8 Å². The van der Waals surface area contributed by atoms with Crippen LogP contribution in [0.3, 0.4) is 0 Å². The summed E-state index contributed by atoms with van der Waals surface area (Å²) < 4.78 is 5.45. The van der Waals surface area contributed by atoms with Crippen molar-refractivity contribution in [2.75, 3.05) is 39.9 Å². The van der Waals surface area contributed by atoms with E-state index in [4.69, 9.17) is 4.74 Å². The molecule has 0 atom stereocenters. The number of aliphatic imine (C=N–C) groups is 1. The predicted molar refractivity (Wildman–Crippen MR) is 103 cm³/mol. The Morgan fingerprint density at radius 3 is 2.64 bits per heavy atom. The number of nitrogens with zero attached hydrogens (tertiary/aromatic N) is 2. The van der Waals surface area contributed by atoms with Gasteiger partial charge in [0.25, 0.3) is 0 Å². The zero-order valence-corrected chi connectivity index (χ0v) is 15.5. The van der Waals surface area contributed by atoms with Gasteiger partial charge in [0.1, 0.15) is 0 Å². The first-order valence-electron chi connectivity index (χ1n) is 9.66. The van der Waals surface area contributed by atoms with Crippen LogP contribution in [0.2, 0.25) is 0 Å². The number of benzene rings is 1. The summed E-state index contributed by atoms with van der Waals surface area (Å²) in [6.45, 7) is 6.54. The van der Waals surface area contributed by atoms with E-state index in [1.807, 2.05) is 7.05 Å². The van der Waals surface area contributed by atoms with E-state index in [9.17, 15) is 0 Å². The molecule has 138 valence electrons. The van der Waals surface area contributed by atoms with Gasteiger partial charge in [0.2, 0.25) is 0 Å². The van der Waals surface area contributed by atoms with Gasteiger partial charge >= 0.3 is 0 Å². The summed E-state index contributed by atoms with van der Waals surface area (Å²) in [5.41, 5.74) is 2.73. The third kappa shape index (κ3) is 6.33. The Bertz CT molecular complexity index is 550. The molecule has 5 heteroatoms. The quantitative estimate of drug-likeness (QED) is 0.432. The van der Waals surface area contributed by atoms with Crippen LogP contribution in [0.4, 0.5) is 0 Å². The first-order chi connectivity index (χ1) is 12.3. The monoisotopic (exact) mass is 344 g/mol. The highest BCUT2D eigenvalue weighted by molar-refractivity contribution is 5.79. The van der Waals surface area contributed by atoms with Gasteiger partial charge in [0, 0.05) is 39.8 Å². The summed E-state index contributed by atoms with van der Waals surface area (Å²) in [5, 5.41) is 6.90. The Balaban J connectivity index is 1.45. The zero-order valence-electron chi connectivity index (χ0n) is 15.5. The van der Waals surface area contributed by atoms with Crippen molar-refractivity contribution in [2.45, 2.75) is 38.8 Å². The molecule has 0 aromatic heterocycles. The fourth-order valence-corrected chi connectivity index (χ4v) is 3.29. The largest absolute Gasteiger partial charge is 0.379 e. The van der Waals surface area contributed by atoms with Gasteiger partial charge in [-0.1, -0.05) is 37.1 Å². The van der Waals surface area contributed by atoms with Crippen LogP contribution >= 0.6 is 0 Å². The minimum absolute atomic E-state index is 0.808. The van der Waals surface area contributed by atoms with Crippen LogP contribution in [0.5, 0.6) is 0 Å². The lowest BCUT2D eigenvalue weighted by molar-refractivity contribution is 0.0341. The van der Waals surface area contributed by atoms with Gasteiger partial charge < -0.3 is 15.4 Å². The molecule has 0 unspecified atom stereocenters. The van der Waals surface area contributed by atoms with Crippen molar-refractivity contribution < 1.29 is 4.74 Å². The fraction of sp³-hybridized carbons (Fsp3) is 0.650. The first-order valence-corrected chi connectivity index (χ1v) is 9.66. The number of rotatable bonds is 8.